The summed E-state index contributed by atoms with van der Waals surface area (Å²) in [5.74, 6) is -0.190. The van der Waals surface area contributed by atoms with Crippen LogP contribution in [0.25, 0.3) is 0 Å². The first kappa shape index (κ1) is 18.8. The molecule has 1 aromatic rings. The topological polar surface area (TPSA) is 50.7 Å². The Kier molecular flexibility index (Phi) is 8.30. The van der Waals surface area contributed by atoms with Crippen LogP contribution in [0.4, 0.5) is 0 Å². The molecule has 0 aliphatic rings. The van der Waals surface area contributed by atoms with Crippen LogP contribution in [0.15, 0.2) is 36.9 Å². The van der Waals surface area contributed by atoms with Crippen molar-refractivity contribution < 1.29 is 14.6 Å². The van der Waals surface area contributed by atoms with Crippen LogP contribution < -0.4 is 14.8 Å². The number of benzene rings is 1. The average molecular weight is 302 g/mol. The Morgan fingerprint density at radius 3 is 2.50 bits per heavy atom. The van der Waals surface area contributed by atoms with Crippen molar-refractivity contribution in [1.82, 2.24) is 5.32 Å². The maximum atomic E-state index is 10.2. The van der Waals surface area contributed by atoms with Crippen molar-refractivity contribution in [2.45, 2.75) is 32.6 Å². The Morgan fingerprint density at radius 2 is 1.95 bits per heavy atom. The first-order valence-corrected chi connectivity index (χ1v) is 6.42. The summed E-state index contributed by atoms with van der Waals surface area (Å²) in [6, 6.07) is 7.53. The molecule has 0 saturated heterocycles. The van der Waals surface area contributed by atoms with Gasteiger partial charge in [-0.3, -0.25) is 0 Å². The zero-order valence-electron chi connectivity index (χ0n) is 12.3. The van der Waals surface area contributed by atoms with E-state index >= 15 is 0 Å². The van der Waals surface area contributed by atoms with Crippen LogP contribution in [-0.4, -0.2) is 30.1 Å². The highest BCUT2D eigenvalue weighted by Crippen LogP contribution is 2.29. The van der Waals surface area contributed by atoms with Crippen LogP contribution in [0.1, 0.15) is 20.8 Å². The average Bonchev–Trinajstić information content (AvgIpc) is 2.35. The monoisotopic (exact) mass is 301 g/mol. The van der Waals surface area contributed by atoms with Gasteiger partial charge < -0.3 is 19.9 Å². The standard InChI is InChI=1S/C15H23NO3.ClH/c1-5-10-18-13-8-6-7-9-14(13)19-15(4,17)11-16-12(2)3;/h5-9,12,16-17H,1,10-11H2,2-4H3;1H. The second kappa shape index (κ2) is 8.84. The maximum Gasteiger partial charge on any atom is 0.218 e. The van der Waals surface area contributed by atoms with E-state index in [0.717, 1.165) is 0 Å². The van der Waals surface area contributed by atoms with Crippen LogP contribution >= 0.6 is 12.4 Å². The first-order chi connectivity index (χ1) is 8.94. The second-order valence-corrected chi connectivity index (χ2v) is 4.86. The van der Waals surface area contributed by atoms with E-state index < -0.39 is 5.79 Å². The minimum atomic E-state index is -1.29. The Morgan fingerprint density at radius 1 is 1.35 bits per heavy atom. The normalized spacial score (nSPS) is 13.2. The summed E-state index contributed by atoms with van der Waals surface area (Å²) in [5, 5.41) is 13.3. The number of para-hydroxylation sites is 2. The van der Waals surface area contributed by atoms with Gasteiger partial charge in [0.05, 0.1) is 6.54 Å². The van der Waals surface area contributed by atoms with Gasteiger partial charge in [-0.15, -0.1) is 12.4 Å². The fourth-order valence-corrected chi connectivity index (χ4v) is 1.47. The molecule has 1 atom stereocenters. The largest absolute Gasteiger partial charge is 0.486 e. The Balaban J connectivity index is 0.00000361. The zero-order valence-corrected chi connectivity index (χ0v) is 13.1. The van der Waals surface area contributed by atoms with Gasteiger partial charge in [0.25, 0.3) is 0 Å². The van der Waals surface area contributed by atoms with Crippen molar-refractivity contribution in [2.24, 2.45) is 0 Å². The molecular formula is C15H24ClNO3. The minimum Gasteiger partial charge on any atom is -0.486 e. The molecule has 0 spiro atoms. The van der Waals surface area contributed by atoms with E-state index in [4.69, 9.17) is 9.47 Å². The molecule has 1 unspecified atom stereocenters. The van der Waals surface area contributed by atoms with Gasteiger partial charge in [-0.1, -0.05) is 38.6 Å². The van der Waals surface area contributed by atoms with E-state index in [-0.39, 0.29) is 18.4 Å². The van der Waals surface area contributed by atoms with E-state index in [1.165, 1.54) is 0 Å². The molecule has 0 aromatic heterocycles. The first-order valence-electron chi connectivity index (χ1n) is 6.42. The molecule has 114 valence electrons. The van der Waals surface area contributed by atoms with Gasteiger partial charge >= 0.3 is 0 Å². The van der Waals surface area contributed by atoms with E-state index in [0.29, 0.717) is 24.7 Å². The SMILES string of the molecule is C=CCOc1ccccc1OC(C)(O)CNC(C)C.Cl. The molecule has 0 saturated carbocycles. The van der Waals surface area contributed by atoms with Gasteiger partial charge in [0.1, 0.15) is 6.61 Å². The predicted octanol–water partition coefficient (Wildman–Crippen LogP) is 2.76. The molecule has 0 aliphatic heterocycles. The van der Waals surface area contributed by atoms with Gasteiger partial charge in [0.2, 0.25) is 5.79 Å². The third-order valence-corrected chi connectivity index (χ3v) is 2.37. The molecule has 20 heavy (non-hydrogen) atoms. The smallest absolute Gasteiger partial charge is 0.218 e. The van der Waals surface area contributed by atoms with Crippen molar-refractivity contribution in [3.63, 3.8) is 0 Å². The molecule has 1 aromatic carbocycles. The fraction of sp³-hybridized carbons (Fsp3) is 0.467. The van der Waals surface area contributed by atoms with E-state index in [1.54, 1.807) is 25.1 Å². The van der Waals surface area contributed by atoms with Crippen molar-refractivity contribution in [1.29, 1.82) is 0 Å². The highest BCUT2D eigenvalue weighted by Gasteiger charge is 2.24. The fourth-order valence-electron chi connectivity index (χ4n) is 1.47. The molecule has 2 N–H and O–H groups in total. The third-order valence-electron chi connectivity index (χ3n) is 2.37. The number of halogens is 1. The molecule has 0 amide bonds. The van der Waals surface area contributed by atoms with E-state index in [2.05, 4.69) is 11.9 Å². The molecule has 1 rings (SSSR count). The van der Waals surface area contributed by atoms with Gasteiger partial charge in [0, 0.05) is 13.0 Å². The van der Waals surface area contributed by atoms with Crippen molar-refractivity contribution in [3.8, 4) is 11.5 Å². The summed E-state index contributed by atoms with van der Waals surface area (Å²) in [6.07, 6.45) is 1.66. The predicted molar refractivity (Wildman–Crippen MR) is 83.8 cm³/mol. The molecule has 0 bridgehead atoms. The number of hydrogen-bond acceptors (Lipinski definition) is 4. The van der Waals surface area contributed by atoms with Crippen LogP contribution in [0.2, 0.25) is 0 Å². The summed E-state index contributed by atoms with van der Waals surface area (Å²) >= 11 is 0. The number of nitrogens with one attached hydrogen (secondary N) is 1. The van der Waals surface area contributed by atoms with E-state index in [9.17, 15) is 5.11 Å². The van der Waals surface area contributed by atoms with Crippen molar-refractivity contribution in [3.05, 3.63) is 36.9 Å². The number of aliphatic hydroxyl groups is 1. The number of ether oxygens (including phenoxy) is 2. The lowest BCUT2D eigenvalue weighted by Crippen LogP contribution is -2.45. The van der Waals surface area contributed by atoms with Crippen LogP contribution in [-0.2, 0) is 0 Å². The quantitative estimate of drug-likeness (QED) is 0.573. The summed E-state index contributed by atoms with van der Waals surface area (Å²) < 4.78 is 11.1. The minimum absolute atomic E-state index is 0. The number of rotatable bonds is 8. The van der Waals surface area contributed by atoms with Crippen LogP contribution in [0, 0.1) is 0 Å². The van der Waals surface area contributed by atoms with Gasteiger partial charge in [-0.25, -0.2) is 0 Å². The third kappa shape index (κ3) is 6.80. The molecule has 4 nitrogen and oxygen atoms in total. The maximum absolute atomic E-state index is 10.2. The second-order valence-electron chi connectivity index (χ2n) is 4.86. The summed E-state index contributed by atoms with van der Waals surface area (Å²) in [7, 11) is 0. The Bertz CT molecular complexity index is 408. The highest BCUT2D eigenvalue weighted by atomic mass is 35.5. The van der Waals surface area contributed by atoms with Crippen LogP contribution in [0.5, 0.6) is 11.5 Å². The highest BCUT2D eigenvalue weighted by molar-refractivity contribution is 5.85. The zero-order chi connectivity index (χ0) is 14.3. The molecule has 0 aliphatic carbocycles. The lowest BCUT2D eigenvalue weighted by atomic mass is 10.2. The van der Waals surface area contributed by atoms with Gasteiger partial charge in [-0.05, 0) is 12.1 Å². The number of hydrogen-bond donors (Lipinski definition) is 2. The van der Waals surface area contributed by atoms with Crippen molar-refractivity contribution in [2.75, 3.05) is 13.2 Å². The lowest BCUT2D eigenvalue weighted by molar-refractivity contribution is -0.119. The van der Waals surface area contributed by atoms with Gasteiger partial charge in [0.15, 0.2) is 11.5 Å². The summed E-state index contributed by atoms with van der Waals surface area (Å²) in [5.41, 5.74) is 0. The van der Waals surface area contributed by atoms with Crippen molar-refractivity contribution >= 4 is 12.4 Å². The molecule has 0 radical (unpaired) electrons. The lowest BCUT2D eigenvalue weighted by Gasteiger charge is -2.27. The molecular weight excluding hydrogens is 278 g/mol. The van der Waals surface area contributed by atoms with Crippen LogP contribution in [0.3, 0.4) is 0 Å². The summed E-state index contributed by atoms with van der Waals surface area (Å²) in [6.45, 7) is 9.97. The van der Waals surface area contributed by atoms with Gasteiger partial charge in [-0.2, -0.15) is 0 Å². The molecule has 0 fully saturated rings. The molecule has 5 heteroatoms. The molecule has 0 heterocycles. The van der Waals surface area contributed by atoms with E-state index in [1.807, 2.05) is 26.0 Å². The summed E-state index contributed by atoms with van der Waals surface area (Å²) in [4.78, 5) is 0. The Hall–Kier alpha value is -1.23. The Labute approximate surface area is 127 Å².